The molecule has 0 aliphatic rings. The molecule has 4 atom stereocenters. The van der Waals surface area contributed by atoms with Gasteiger partial charge < -0.3 is 25.5 Å². The summed E-state index contributed by atoms with van der Waals surface area (Å²) in [6.07, 6.45) is -6.38. The normalized spacial score (nSPS) is 17.0. The molecule has 1 rings (SSSR count). The summed E-state index contributed by atoms with van der Waals surface area (Å²) in [6.45, 7) is -0.836. The maximum atomic E-state index is 11.6. The highest BCUT2D eigenvalue weighted by Gasteiger charge is 2.34. The first-order valence-corrected chi connectivity index (χ1v) is 6.66. The molecule has 0 aromatic heterocycles. The summed E-state index contributed by atoms with van der Waals surface area (Å²) in [5, 5.41) is 50.2. The van der Waals surface area contributed by atoms with E-state index in [4.69, 9.17) is 21.8 Å². The Morgan fingerprint density at radius 2 is 1.86 bits per heavy atom. The number of nitrogens with zero attached hydrogens (tertiary/aromatic N) is 1. The molecule has 122 valence electrons. The number of benzene rings is 1. The van der Waals surface area contributed by atoms with Crippen molar-refractivity contribution in [1.82, 2.24) is 5.43 Å². The van der Waals surface area contributed by atoms with Crippen molar-refractivity contribution in [2.45, 2.75) is 24.4 Å². The monoisotopic (exact) mass is 332 g/mol. The van der Waals surface area contributed by atoms with Gasteiger partial charge in [-0.3, -0.25) is 4.79 Å². The molecule has 0 spiro atoms. The number of aliphatic hydroxyl groups is 5. The zero-order valence-corrected chi connectivity index (χ0v) is 12.1. The summed E-state index contributed by atoms with van der Waals surface area (Å²) in [6, 6.07) is 6.69. The number of halogens is 1. The zero-order valence-electron chi connectivity index (χ0n) is 11.4. The first-order valence-electron chi connectivity index (χ1n) is 6.29. The van der Waals surface area contributed by atoms with Crippen molar-refractivity contribution in [3.63, 3.8) is 0 Å². The largest absolute Gasteiger partial charge is 0.394 e. The molecule has 0 saturated carbocycles. The Bertz CT molecular complexity index is 527. The molecule has 0 radical (unpaired) electrons. The fraction of sp³-hybridized carbons (Fsp3) is 0.385. The highest BCUT2D eigenvalue weighted by Crippen LogP contribution is 2.12. The number of aliphatic hydroxyl groups excluding tert-OH is 5. The van der Waals surface area contributed by atoms with Gasteiger partial charge in [-0.05, 0) is 6.07 Å². The minimum Gasteiger partial charge on any atom is -0.394 e. The highest BCUT2D eigenvalue weighted by atomic mass is 35.5. The molecule has 9 heteroatoms. The van der Waals surface area contributed by atoms with Gasteiger partial charge >= 0.3 is 0 Å². The maximum absolute atomic E-state index is 11.6. The van der Waals surface area contributed by atoms with Gasteiger partial charge in [0.05, 0.1) is 12.8 Å². The molecule has 0 aliphatic heterocycles. The van der Waals surface area contributed by atoms with Gasteiger partial charge in [-0.2, -0.15) is 5.10 Å². The molecule has 6 N–H and O–H groups in total. The van der Waals surface area contributed by atoms with Gasteiger partial charge in [0, 0.05) is 10.6 Å². The molecule has 1 amide bonds. The van der Waals surface area contributed by atoms with Crippen molar-refractivity contribution in [1.29, 1.82) is 0 Å². The molecular formula is C13H17ClN2O6. The van der Waals surface area contributed by atoms with Crippen LogP contribution in [0.3, 0.4) is 0 Å². The lowest BCUT2D eigenvalue weighted by Crippen LogP contribution is -2.50. The van der Waals surface area contributed by atoms with Crippen molar-refractivity contribution in [2.24, 2.45) is 5.10 Å². The lowest BCUT2D eigenvalue weighted by Gasteiger charge is -2.24. The molecule has 0 bridgehead atoms. The number of hydrogen-bond donors (Lipinski definition) is 6. The predicted molar refractivity (Wildman–Crippen MR) is 78.3 cm³/mol. The van der Waals surface area contributed by atoms with Crippen LogP contribution < -0.4 is 5.43 Å². The Morgan fingerprint density at radius 3 is 2.45 bits per heavy atom. The van der Waals surface area contributed by atoms with E-state index in [1.807, 2.05) is 5.43 Å². The SMILES string of the molecule is O=C(N/N=C\c1ccccc1Cl)[C@@H](O)[C@H](O)[C@H](O)[C@H](O)CO. The van der Waals surface area contributed by atoms with Gasteiger partial charge in [-0.15, -0.1) is 0 Å². The third kappa shape index (κ3) is 5.02. The van der Waals surface area contributed by atoms with Gasteiger partial charge in [0.15, 0.2) is 6.10 Å². The van der Waals surface area contributed by atoms with Crippen LogP contribution in [0.1, 0.15) is 5.56 Å². The lowest BCUT2D eigenvalue weighted by molar-refractivity contribution is -0.148. The Kier molecular flexibility index (Phi) is 7.39. The zero-order chi connectivity index (χ0) is 16.7. The number of amides is 1. The van der Waals surface area contributed by atoms with Crippen LogP contribution in [-0.2, 0) is 4.79 Å². The van der Waals surface area contributed by atoms with Gasteiger partial charge in [0.25, 0.3) is 5.91 Å². The van der Waals surface area contributed by atoms with E-state index in [-0.39, 0.29) is 0 Å². The second kappa shape index (κ2) is 8.79. The molecule has 0 heterocycles. The van der Waals surface area contributed by atoms with E-state index in [2.05, 4.69) is 5.10 Å². The van der Waals surface area contributed by atoms with Crippen molar-refractivity contribution in [3.8, 4) is 0 Å². The van der Waals surface area contributed by atoms with E-state index < -0.39 is 36.9 Å². The molecule has 0 saturated heterocycles. The fourth-order valence-electron chi connectivity index (χ4n) is 1.49. The van der Waals surface area contributed by atoms with Crippen molar-refractivity contribution < 1.29 is 30.3 Å². The van der Waals surface area contributed by atoms with Crippen LogP contribution in [0.15, 0.2) is 29.4 Å². The topological polar surface area (TPSA) is 143 Å². The standard InChI is InChI=1S/C13H17ClN2O6/c14-8-4-2-1-3-7(8)5-15-16-13(22)12(21)11(20)10(19)9(18)6-17/h1-5,9-12,17-21H,6H2,(H,16,22)/b15-5-/t9-,10-,11-,12+/m1/s1. The summed E-state index contributed by atoms with van der Waals surface area (Å²) < 4.78 is 0. The molecule has 0 aliphatic carbocycles. The Hall–Kier alpha value is -1.55. The first kappa shape index (κ1) is 18.5. The van der Waals surface area contributed by atoms with E-state index in [9.17, 15) is 20.1 Å². The van der Waals surface area contributed by atoms with E-state index in [0.717, 1.165) is 0 Å². The summed E-state index contributed by atoms with van der Waals surface area (Å²) in [7, 11) is 0. The van der Waals surface area contributed by atoms with E-state index in [1.54, 1.807) is 24.3 Å². The molecule has 1 aromatic carbocycles. The summed E-state index contributed by atoms with van der Waals surface area (Å²) >= 11 is 5.87. The van der Waals surface area contributed by atoms with E-state index in [1.165, 1.54) is 6.21 Å². The predicted octanol–water partition coefficient (Wildman–Crippen LogP) is -1.77. The number of hydrazone groups is 1. The molecule has 0 unspecified atom stereocenters. The quantitative estimate of drug-likeness (QED) is 0.257. The van der Waals surface area contributed by atoms with Crippen LogP contribution in [0.5, 0.6) is 0 Å². The molecule has 0 fully saturated rings. The van der Waals surface area contributed by atoms with Gasteiger partial charge in [0.1, 0.15) is 18.3 Å². The number of carbonyl (C=O) groups is 1. The summed E-state index contributed by atoms with van der Waals surface area (Å²) in [4.78, 5) is 11.6. The van der Waals surface area contributed by atoms with Crippen molar-refractivity contribution in [3.05, 3.63) is 34.9 Å². The minimum atomic E-state index is -2.04. The van der Waals surface area contributed by atoms with Crippen LogP contribution in [0.4, 0.5) is 0 Å². The maximum Gasteiger partial charge on any atom is 0.271 e. The fourth-order valence-corrected chi connectivity index (χ4v) is 1.67. The Morgan fingerprint density at radius 1 is 1.23 bits per heavy atom. The van der Waals surface area contributed by atoms with Crippen molar-refractivity contribution in [2.75, 3.05) is 6.61 Å². The second-order valence-electron chi connectivity index (χ2n) is 4.43. The number of nitrogens with one attached hydrogen (secondary N) is 1. The molecular weight excluding hydrogens is 316 g/mol. The molecule has 8 nitrogen and oxygen atoms in total. The van der Waals surface area contributed by atoms with Crippen LogP contribution in [-0.4, -0.2) is 68.7 Å². The molecule has 1 aromatic rings. The Labute approximate surface area is 131 Å². The minimum absolute atomic E-state index is 0.405. The number of rotatable bonds is 7. The number of carbonyl (C=O) groups excluding carboxylic acids is 1. The summed E-state index contributed by atoms with van der Waals surface area (Å²) in [5.41, 5.74) is 2.48. The average molecular weight is 333 g/mol. The molecule has 22 heavy (non-hydrogen) atoms. The second-order valence-corrected chi connectivity index (χ2v) is 4.84. The van der Waals surface area contributed by atoms with Gasteiger partial charge in [0.2, 0.25) is 0 Å². The van der Waals surface area contributed by atoms with Crippen LogP contribution in [0, 0.1) is 0 Å². The Balaban J connectivity index is 2.59. The highest BCUT2D eigenvalue weighted by molar-refractivity contribution is 6.33. The third-order valence-corrected chi connectivity index (χ3v) is 3.15. The van der Waals surface area contributed by atoms with E-state index in [0.29, 0.717) is 10.6 Å². The lowest BCUT2D eigenvalue weighted by atomic mass is 10.0. The van der Waals surface area contributed by atoms with E-state index >= 15 is 0 Å². The van der Waals surface area contributed by atoms with Crippen LogP contribution >= 0.6 is 11.6 Å². The third-order valence-electron chi connectivity index (χ3n) is 2.81. The van der Waals surface area contributed by atoms with Gasteiger partial charge in [-0.1, -0.05) is 29.8 Å². The van der Waals surface area contributed by atoms with Crippen molar-refractivity contribution >= 4 is 23.7 Å². The summed E-state index contributed by atoms with van der Waals surface area (Å²) in [5.74, 6) is -1.10. The smallest absolute Gasteiger partial charge is 0.271 e. The van der Waals surface area contributed by atoms with Gasteiger partial charge in [-0.25, -0.2) is 5.43 Å². The first-order chi connectivity index (χ1) is 10.4. The number of hydrogen-bond acceptors (Lipinski definition) is 7. The van der Waals surface area contributed by atoms with Crippen LogP contribution in [0.25, 0.3) is 0 Å². The van der Waals surface area contributed by atoms with Crippen LogP contribution in [0.2, 0.25) is 5.02 Å². The average Bonchev–Trinajstić information content (AvgIpc) is 2.53.